The van der Waals surface area contributed by atoms with Gasteiger partial charge in [-0.25, -0.2) is 0 Å². The number of hydrogen-bond acceptors (Lipinski definition) is 0. The van der Waals surface area contributed by atoms with E-state index in [9.17, 15) is 4.39 Å². The molecule has 52 valence electrons. The summed E-state index contributed by atoms with van der Waals surface area (Å²) in [5.41, 5.74) is 0. The molecule has 0 aromatic heterocycles. The lowest BCUT2D eigenvalue weighted by Crippen LogP contribution is -1.72. The topological polar surface area (TPSA) is 0 Å². The summed E-state index contributed by atoms with van der Waals surface area (Å²) < 4.78 is 11.2. The van der Waals surface area contributed by atoms with E-state index in [2.05, 4.69) is 16.2 Å². The van der Waals surface area contributed by atoms with Crippen molar-refractivity contribution < 1.29 is 4.39 Å². The van der Waals surface area contributed by atoms with Crippen LogP contribution in [0.4, 0.5) is 4.39 Å². The summed E-state index contributed by atoms with van der Waals surface area (Å²) >= 11 is 0. The van der Waals surface area contributed by atoms with Gasteiger partial charge in [0, 0.05) is 0 Å². The molecule has 0 saturated carbocycles. The summed E-state index contributed by atoms with van der Waals surface area (Å²) in [6.07, 6.45) is 2.90. The highest BCUT2D eigenvalue weighted by Crippen LogP contribution is 1.91. The molecule has 0 bridgehead atoms. The summed E-state index contributed by atoms with van der Waals surface area (Å²) in [5, 5.41) is 0. The molecule has 0 rings (SSSR count). The quantitative estimate of drug-likeness (QED) is 0.415. The second-order valence-corrected chi connectivity index (χ2v) is 1.40. The molecule has 1 unspecified atom stereocenters. The summed E-state index contributed by atoms with van der Waals surface area (Å²) in [6.45, 7) is 3.84. The molecule has 0 aliphatic rings. The lowest BCUT2D eigenvalue weighted by molar-refractivity contribution is 0.460. The van der Waals surface area contributed by atoms with Crippen LogP contribution in [0.25, 0.3) is 0 Å². The first-order chi connectivity index (χ1) is 3.91. The standard InChI is InChI=1S/C5H11F.CH5P/c1-2-3-4-5-6;1-2/h2-5H2,1H3;2H2,1H3. The van der Waals surface area contributed by atoms with Crippen molar-refractivity contribution in [3.8, 4) is 0 Å². The van der Waals surface area contributed by atoms with E-state index in [0.29, 0.717) is 0 Å². The predicted molar refractivity (Wildman–Crippen MR) is 41.1 cm³/mol. The molecule has 0 heterocycles. The van der Waals surface area contributed by atoms with Crippen molar-refractivity contribution in [3.63, 3.8) is 0 Å². The van der Waals surface area contributed by atoms with Crippen LogP contribution >= 0.6 is 9.24 Å². The molecule has 0 radical (unpaired) electrons. The van der Waals surface area contributed by atoms with Crippen molar-refractivity contribution in [2.45, 2.75) is 26.2 Å². The molecule has 0 aliphatic carbocycles. The third-order valence-corrected chi connectivity index (χ3v) is 0.737. The third-order valence-electron chi connectivity index (χ3n) is 0.737. The van der Waals surface area contributed by atoms with Gasteiger partial charge in [0.05, 0.1) is 6.67 Å². The first kappa shape index (κ1) is 11.2. The first-order valence-corrected chi connectivity index (χ1v) is 4.21. The van der Waals surface area contributed by atoms with E-state index in [0.717, 1.165) is 19.3 Å². The van der Waals surface area contributed by atoms with E-state index in [1.54, 1.807) is 0 Å². The number of halogens is 1. The van der Waals surface area contributed by atoms with Crippen LogP contribution < -0.4 is 0 Å². The zero-order valence-corrected chi connectivity index (χ0v) is 6.94. The Labute approximate surface area is 54.1 Å². The molecule has 0 aromatic carbocycles. The smallest absolute Gasteiger partial charge is 0.0894 e. The normalized spacial score (nSPS) is 7.50. The van der Waals surface area contributed by atoms with E-state index in [1.807, 2.05) is 6.66 Å². The highest BCUT2D eigenvalue weighted by Gasteiger charge is 1.78. The van der Waals surface area contributed by atoms with Crippen molar-refractivity contribution in [1.29, 1.82) is 0 Å². The van der Waals surface area contributed by atoms with Crippen LogP contribution in [0.3, 0.4) is 0 Å². The van der Waals surface area contributed by atoms with Gasteiger partial charge in [-0.3, -0.25) is 4.39 Å². The van der Waals surface area contributed by atoms with Crippen molar-refractivity contribution in [2.24, 2.45) is 0 Å². The van der Waals surface area contributed by atoms with Gasteiger partial charge in [0.1, 0.15) is 0 Å². The fraction of sp³-hybridized carbons (Fsp3) is 1.00. The van der Waals surface area contributed by atoms with E-state index >= 15 is 0 Å². The molecule has 0 aromatic rings. The Hall–Kier alpha value is 0.360. The van der Waals surface area contributed by atoms with Gasteiger partial charge in [-0.2, -0.15) is 0 Å². The van der Waals surface area contributed by atoms with Gasteiger partial charge in [-0.15, -0.1) is 9.24 Å². The van der Waals surface area contributed by atoms with Crippen molar-refractivity contribution in [1.82, 2.24) is 0 Å². The number of alkyl halides is 1. The number of hydrogen-bond donors (Lipinski definition) is 0. The van der Waals surface area contributed by atoms with Crippen LogP contribution in [0.2, 0.25) is 0 Å². The Bertz CT molecular complexity index is 20.5. The van der Waals surface area contributed by atoms with Crippen molar-refractivity contribution in [3.05, 3.63) is 0 Å². The second kappa shape index (κ2) is 15.7. The summed E-state index contributed by atoms with van der Waals surface area (Å²) in [6, 6.07) is 0. The van der Waals surface area contributed by atoms with Gasteiger partial charge in [-0.05, 0) is 6.42 Å². The fourth-order valence-corrected chi connectivity index (χ4v) is 0.344. The lowest BCUT2D eigenvalue weighted by Gasteiger charge is -1.84. The molecule has 0 amide bonds. The SMILES string of the molecule is CCCCCF.CP. The Kier molecular flexibility index (Phi) is 21.9. The lowest BCUT2D eigenvalue weighted by atomic mass is 10.3. The van der Waals surface area contributed by atoms with Crippen molar-refractivity contribution >= 4 is 9.24 Å². The van der Waals surface area contributed by atoms with Crippen molar-refractivity contribution in [2.75, 3.05) is 13.3 Å². The fourth-order valence-electron chi connectivity index (χ4n) is 0.344. The molecule has 2 heteroatoms. The highest BCUT2D eigenvalue weighted by atomic mass is 31.0. The second-order valence-electron chi connectivity index (χ2n) is 1.40. The van der Waals surface area contributed by atoms with Gasteiger partial charge in [0.25, 0.3) is 0 Å². The summed E-state index contributed by atoms with van der Waals surface area (Å²) in [4.78, 5) is 0. The van der Waals surface area contributed by atoms with Crippen LogP contribution in [0, 0.1) is 0 Å². The highest BCUT2D eigenvalue weighted by molar-refractivity contribution is 7.15. The van der Waals surface area contributed by atoms with Gasteiger partial charge < -0.3 is 0 Å². The van der Waals surface area contributed by atoms with Crippen LogP contribution in [0.1, 0.15) is 26.2 Å². The molecule has 0 nitrogen and oxygen atoms in total. The summed E-state index contributed by atoms with van der Waals surface area (Å²) in [7, 11) is 2.42. The Morgan fingerprint density at radius 2 is 1.75 bits per heavy atom. The maximum absolute atomic E-state index is 11.2. The minimum absolute atomic E-state index is 0.145. The Morgan fingerprint density at radius 1 is 1.25 bits per heavy atom. The molecule has 0 fully saturated rings. The average Bonchev–Trinajstić information content (AvgIpc) is 1.88. The van der Waals surface area contributed by atoms with E-state index < -0.39 is 0 Å². The van der Waals surface area contributed by atoms with Crippen LogP contribution in [-0.2, 0) is 0 Å². The van der Waals surface area contributed by atoms with E-state index in [1.165, 1.54) is 0 Å². The Balaban J connectivity index is 0. The minimum atomic E-state index is -0.145. The maximum Gasteiger partial charge on any atom is 0.0894 e. The monoisotopic (exact) mass is 138 g/mol. The molecule has 0 spiro atoms. The van der Waals surface area contributed by atoms with Gasteiger partial charge in [0.2, 0.25) is 0 Å². The van der Waals surface area contributed by atoms with Gasteiger partial charge in [0.15, 0.2) is 0 Å². The molecular weight excluding hydrogens is 122 g/mol. The van der Waals surface area contributed by atoms with E-state index in [4.69, 9.17) is 0 Å². The minimum Gasteiger partial charge on any atom is -0.251 e. The van der Waals surface area contributed by atoms with Crippen LogP contribution in [0.5, 0.6) is 0 Å². The summed E-state index contributed by atoms with van der Waals surface area (Å²) in [5.74, 6) is 0. The third kappa shape index (κ3) is 16.2. The largest absolute Gasteiger partial charge is 0.251 e. The van der Waals surface area contributed by atoms with Gasteiger partial charge >= 0.3 is 0 Å². The Morgan fingerprint density at radius 3 is 1.88 bits per heavy atom. The molecular formula is C6H16FP. The number of unbranched alkanes of at least 4 members (excludes halogenated alkanes) is 2. The molecule has 1 atom stereocenters. The van der Waals surface area contributed by atoms with Gasteiger partial charge in [-0.1, -0.05) is 26.4 Å². The zero-order chi connectivity index (χ0) is 6.83. The number of rotatable bonds is 3. The van der Waals surface area contributed by atoms with Crippen LogP contribution in [0.15, 0.2) is 0 Å². The molecule has 0 saturated heterocycles. The molecule has 8 heavy (non-hydrogen) atoms. The predicted octanol–water partition coefficient (Wildman–Crippen LogP) is 2.64. The maximum atomic E-state index is 11.2. The average molecular weight is 138 g/mol. The zero-order valence-electron chi connectivity index (χ0n) is 5.78. The molecule has 0 N–H and O–H groups in total. The van der Waals surface area contributed by atoms with Crippen LogP contribution in [-0.4, -0.2) is 13.3 Å². The van der Waals surface area contributed by atoms with E-state index in [-0.39, 0.29) is 6.67 Å². The first-order valence-electron chi connectivity index (χ1n) is 3.05. The molecule has 0 aliphatic heterocycles.